The fourth-order valence-corrected chi connectivity index (χ4v) is 1.34. The van der Waals surface area contributed by atoms with E-state index in [2.05, 4.69) is 38.2 Å². The number of aliphatic hydroxyl groups excluding tert-OH is 1. The molecule has 0 bridgehead atoms. The summed E-state index contributed by atoms with van der Waals surface area (Å²) in [6.45, 7) is 7.07. The van der Waals surface area contributed by atoms with Gasteiger partial charge < -0.3 is 10.4 Å². The molecule has 0 atom stereocenters. The number of anilines is 1. The van der Waals surface area contributed by atoms with Crippen LogP contribution < -0.4 is 5.32 Å². The summed E-state index contributed by atoms with van der Waals surface area (Å²) in [5, 5.41) is 11.9. The van der Waals surface area contributed by atoms with Gasteiger partial charge >= 0.3 is 0 Å². The SMILES string of the molecule is Cc1cc(C)c(NCCO)cc1C. The van der Waals surface area contributed by atoms with Crippen LogP contribution in [0.2, 0.25) is 0 Å². The van der Waals surface area contributed by atoms with Crippen LogP contribution in [-0.4, -0.2) is 18.3 Å². The first-order valence-electron chi connectivity index (χ1n) is 4.57. The van der Waals surface area contributed by atoms with E-state index in [0.29, 0.717) is 6.54 Å². The highest BCUT2D eigenvalue weighted by Crippen LogP contribution is 2.19. The Morgan fingerprint density at radius 3 is 2.31 bits per heavy atom. The first-order valence-corrected chi connectivity index (χ1v) is 4.57. The van der Waals surface area contributed by atoms with E-state index >= 15 is 0 Å². The number of aliphatic hydroxyl groups is 1. The van der Waals surface area contributed by atoms with E-state index in [1.54, 1.807) is 0 Å². The Labute approximate surface area is 79.6 Å². The maximum Gasteiger partial charge on any atom is 0.0604 e. The molecule has 0 radical (unpaired) electrons. The summed E-state index contributed by atoms with van der Waals surface area (Å²) in [7, 11) is 0. The van der Waals surface area contributed by atoms with Crippen molar-refractivity contribution in [2.75, 3.05) is 18.5 Å². The van der Waals surface area contributed by atoms with Gasteiger partial charge in [0.2, 0.25) is 0 Å². The van der Waals surface area contributed by atoms with Gasteiger partial charge in [-0.2, -0.15) is 0 Å². The quantitative estimate of drug-likeness (QED) is 0.744. The number of nitrogens with one attached hydrogen (secondary N) is 1. The minimum absolute atomic E-state index is 0.173. The topological polar surface area (TPSA) is 32.3 Å². The predicted octanol–water partition coefficient (Wildman–Crippen LogP) is 2.02. The van der Waals surface area contributed by atoms with Crippen molar-refractivity contribution in [2.24, 2.45) is 0 Å². The minimum atomic E-state index is 0.173. The second kappa shape index (κ2) is 4.28. The van der Waals surface area contributed by atoms with Gasteiger partial charge in [-0.1, -0.05) is 6.07 Å². The van der Waals surface area contributed by atoms with Gasteiger partial charge in [0, 0.05) is 12.2 Å². The first-order chi connectivity index (χ1) is 6.15. The molecule has 0 saturated heterocycles. The van der Waals surface area contributed by atoms with Crippen molar-refractivity contribution in [2.45, 2.75) is 20.8 Å². The van der Waals surface area contributed by atoms with E-state index < -0.39 is 0 Å². The molecule has 0 fully saturated rings. The summed E-state index contributed by atoms with van der Waals surface area (Å²) < 4.78 is 0. The van der Waals surface area contributed by atoms with Gasteiger partial charge in [-0.3, -0.25) is 0 Å². The molecule has 0 heterocycles. The van der Waals surface area contributed by atoms with Crippen LogP contribution in [0, 0.1) is 20.8 Å². The van der Waals surface area contributed by atoms with Gasteiger partial charge in [0.15, 0.2) is 0 Å². The van der Waals surface area contributed by atoms with Crippen molar-refractivity contribution in [3.8, 4) is 0 Å². The number of aryl methyl sites for hydroxylation is 3. The second-order valence-electron chi connectivity index (χ2n) is 3.40. The van der Waals surface area contributed by atoms with Crippen LogP contribution in [-0.2, 0) is 0 Å². The third-order valence-electron chi connectivity index (χ3n) is 2.27. The van der Waals surface area contributed by atoms with Crippen molar-refractivity contribution in [3.63, 3.8) is 0 Å². The highest BCUT2D eigenvalue weighted by molar-refractivity contribution is 5.54. The lowest BCUT2D eigenvalue weighted by Crippen LogP contribution is -2.07. The molecular formula is C11H17NO. The maximum absolute atomic E-state index is 8.68. The normalized spacial score (nSPS) is 10.2. The monoisotopic (exact) mass is 179 g/mol. The molecule has 0 unspecified atom stereocenters. The number of hydrogen-bond donors (Lipinski definition) is 2. The molecule has 0 saturated carbocycles. The van der Waals surface area contributed by atoms with Gasteiger partial charge in [0.25, 0.3) is 0 Å². The van der Waals surface area contributed by atoms with Crippen molar-refractivity contribution in [3.05, 3.63) is 28.8 Å². The summed E-state index contributed by atoms with van der Waals surface area (Å²) in [4.78, 5) is 0. The van der Waals surface area contributed by atoms with Crippen LogP contribution in [0.25, 0.3) is 0 Å². The Bertz CT molecular complexity index is 294. The molecule has 72 valence electrons. The zero-order chi connectivity index (χ0) is 9.84. The molecule has 0 spiro atoms. The lowest BCUT2D eigenvalue weighted by molar-refractivity contribution is 0.311. The van der Waals surface area contributed by atoms with E-state index in [9.17, 15) is 0 Å². The average Bonchev–Trinajstić information content (AvgIpc) is 2.09. The molecule has 1 rings (SSSR count). The van der Waals surface area contributed by atoms with E-state index in [0.717, 1.165) is 5.69 Å². The van der Waals surface area contributed by atoms with Crippen molar-refractivity contribution < 1.29 is 5.11 Å². The first kappa shape index (κ1) is 10.1. The highest BCUT2D eigenvalue weighted by atomic mass is 16.3. The third-order valence-corrected chi connectivity index (χ3v) is 2.27. The van der Waals surface area contributed by atoms with Crippen LogP contribution in [0.1, 0.15) is 16.7 Å². The molecule has 0 aromatic heterocycles. The van der Waals surface area contributed by atoms with Crippen LogP contribution >= 0.6 is 0 Å². The molecule has 0 aliphatic rings. The Hall–Kier alpha value is -1.02. The second-order valence-corrected chi connectivity index (χ2v) is 3.40. The van der Waals surface area contributed by atoms with E-state index in [1.807, 2.05) is 0 Å². The molecule has 2 N–H and O–H groups in total. The number of benzene rings is 1. The smallest absolute Gasteiger partial charge is 0.0604 e. The molecule has 1 aromatic rings. The maximum atomic E-state index is 8.68. The zero-order valence-electron chi connectivity index (χ0n) is 8.52. The Morgan fingerprint density at radius 2 is 1.69 bits per heavy atom. The van der Waals surface area contributed by atoms with Gasteiger partial charge in [0.05, 0.1) is 6.61 Å². The molecule has 0 amide bonds. The van der Waals surface area contributed by atoms with E-state index in [-0.39, 0.29) is 6.61 Å². The number of rotatable bonds is 3. The fourth-order valence-electron chi connectivity index (χ4n) is 1.34. The van der Waals surface area contributed by atoms with Crippen LogP contribution in [0.3, 0.4) is 0 Å². The predicted molar refractivity (Wildman–Crippen MR) is 56.2 cm³/mol. The Kier molecular flexibility index (Phi) is 3.32. The van der Waals surface area contributed by atoms with E-state index in [4.69, 9.17) is 5.11 Å². The van der Waals surface area contributed by atoms with Crippen LogP contribution in [0.4, 0.5) is 5.69 Å². The van der Waals surface area contributed by atoms with Gasteiger partial charge in [-0.05, 0) is 43.5 Å². The summed E-state index contributed by atoms with van der Waals surface area (Å²) in [6.07, 6.45) is 0. The zero-order valence-corrected chi connectivity index (χ0v) is 8.52. The Balaban J connectivity index is 2.88. The average molecular weight is 179 g/mol. The van der Waals surface area contributed by atoms with Crippen LogP contribution in [0.5, 0.6) is 0 Å². The summed E-state index contributed by atoms with van der Waals surface area (Å²) in [6, 6.07) is 4.29. The molecule has 0 aliphatic heterocycles. The standard InChI is InChI=1S/C11H17NO/c1-8-6-10(3)11(7-9(8)2)12-4-5-13/h6-7,12-13H,4-5H2,1-3H3. The summed E-state index contributed by atoms with van der Waals surface area (Å²) in [5.74, 6) is 0. The van der Waals surface area contributed by atoms with Gasteiger partial charge in [-0.15, -0.1) is 0 Å². The van der Waals surface area contributed by atoms with Crippen LogP contribution in [0.15, 0.2) is 12.1 Å². The Morgan fingerprint density at radius 1 is 1.08 bits per heavy atom. The fraction of sp³-hybridized carbons (Fsp3) is 0.455. The highest BCUT2D eigenvalue weighted by Gasteiger charge is 2.00. The van der Waals surface area contributed by atoms with Gasteiger partial charge in [-0.25, -0.2) is 0 Å². The molecule has 0 aliphatic carbocycles. The van der Waals surface area contributed by atoms with E-state index in [1.165, 1.54) is 16.7 Å². The minimum Gasteiger partial charge on any atom is -0.395 e. The van der Waals surface area contributed by atoms with Crippen molar-refractivity contribution >= 4 is 5.69 Å². The molecule has 2 heteroatoms. The molecule has 1 aromatic carbocycles. The number of hydrogen-bond acceptors (Lipinski definition) is 2. The van der Waals surface area contributed by atoms with Gasteiger partial charge in [0.1, 0.15) is 0 Å². The molecular weight excluding hydrogens is 162 g/mol. The largest absolute Gasteiger partial charge is 0.395 e. The summed E-state index contributed by atoms with van der Waals surface area (Å²) in [5.41, 5.74) is 4.95. The third kappa shape index (κ3) is 2.46. The van der Waals surface area contributed by atoms with Crippen molar-refractivity contribution in [1.29, 1.82) is 0 Å². The summed E-state index contributed by atoms with van der Waals surface area (Å²) >= 11 is 0. The lowest BCUT2D eigenvalue weighted by atomic mass is 10.1. The lowest BCUT2D eigenvalue weighted by Gasteiger charge is -2.11. The molecule has 2 nitrogen and oxygen atoms in total. The molecule has 13 heavy (non-hydrogen) atoms. The van der Waals surface area contributed by atoms with Crippen molar-refractivity contribution in [1.82, 2.24) is 0 Å².